The molecule has 0 aliphatic heterocycles. The van der Waals surface area contributed by atoms with E-state index in [-0.39, 0.29) is 0 Å². The van der Waals surface area contributed by atoms with E-state index >= 15 is 0 Å². The first-order chi connectivity index (χ1) is 4.88. The Morgan fingerprint density at radius 2 is 1.90 bits per heavy atom. The standard InChI is InChI=1S/C7H9NS2/c1-9-6-3-4-8-5-7(6)10-2/h3-5H,1-2H3. The van der Waals surface area contributed by atoms with Crippen LogP contribution in [0.2, 0.25) is 0 Å². The molecule has 1 rings (SSSR count). The van der Waals surface area contributed by atoms with Gasteiger partial charge in [0, 0.05) is 22.2 Å². The summed E-state index contributed by atoms with van der Waals surface area (Å²) in [6.45, 7) is 0. The van der Waals surface area contributed by atoms with E-state index in [0.29, 0.717) is 0 Å². The van der Waals surface area contributed by atoms with Gasteiger partial charge >= 0.3 is 0 Å². The SMILES string of the molecule is CSc1ccncc1SC. The molecule has 0 fully saturated rings. The molecule has 0 atom stereocenters. The van der Waals surface area contributed by atoms with E-state index in [9.17, 15) is 0 Å². The number of hydrogen-bond donors (Lipinski definition) is 0. The first-order valence-corrected chi connectivity index (χ1v) is 5.35. The number of hydrogen-bond acceptors (Lipinski definition) is 3. The Labute approximate surface area is 69.6 Å². The number of aromatic nitrogens is 1. The predicted molar refractivity (Wildman–Crippen MR) is 47.8 cm³/mol. The molecule has 0 saturated carbocycles. The lowest BCUT2D eigenvalue weighted by Gasteiger charge is -2.00. The fourth-order valence-corrected chi connectivity index (χ4v) is 2.08. The molecule has 3 heteroatoms. The fourth-order valence-electron chi connectivity index (χ4n) is 0.689. The second-order valence-electron chi connectivity index (χ2n) is 1.73. The second-order valence-corrected chi connectivity index (χ2v) is 3.43. The lowest BCUT2D eigenvalue weighted by molar-refractivity contribution is 1.14. The van der Waals surface area contributed by atoms with Crippen molar-refractivity contribution in [3.8, 4) is 0 Å². The minimum absolute atomic E-state index is 1.26. The lowest BCUT2D eigenvalue weighted by atomic mass is 10.5. The first-order valence-electron chi connectivity index (χ1n) is 2.90. The summed E-state index contributed by atoms with van der Waals surface area (Å²) in [5, 5.41) is 0. The van der Waals surface area contributed by atoms with Gasteiger partial charge in [-0.2, -0.15) is 0 Å². The van der Waals surface area contributed by atoms with Crippen molar-refractivity contribution < 1.29 is 0 Å². The van der Waals surface area contributed by atoms with Gasteiger partial charge in [0.15, 0.2) is 0 Å². The lowest BCUT2D eigenvalue weighted by Crippen LogP contribution is -1.77. The third-order valence-corrected chi connectivity index (χ3v) is 2.88. The van der Waals surface area contributed by atoms with Gasteiger partial charge in [0.25, 0.3) is 0 Å². The van der Waals surface area contributed by atoms with E-state index in [1.807, 2.05) is 18.5 Å². The average Bonchev–Trinajstić information content (AvgIpc) is 2.04. The van der Waals surface area contributed by atoms with Gasteiger partial charge in [-0.15, -0.1) is 23.5 Å². The van der Waals surface area contributed by atoms with Gasteiger partial charge in [-0.25, -0.2) is 0 Å². The Balaban J connectivity index is 2.96. The summed E-state index contributed by atoms with van der Waals surface area (Å²) in [6.07, 6.45) is 7.87. The molecule has 1 nitrogen and oxygen atoms in total. The molecule has 1 aromatic rings. The third-order valence-electron chi connectivity index (χ3n) is 1.19. The van der Waals surface area contributed by atoms with Crippen molar-refractivity contribution in [2.45, 2.75) is 9.79 Å². The van der Waals surface area contributed by atoms with E-state index in [4.69, 9.17) is 0 Å². The molecule has 0 unspecified atom stereocenters. The molecule has 0 radical (unpaired) electrons. The quantitative estimate of drug-likeness (QED) is 0.635. The zero-order valence-electron chi connectivity index (χ0n) is 6.00. The van der Waals surface area contributed by atoms with Gasteiger partial charge in [-0.1, -0.05) is 0 Å². The molecule has 10 heavy (non-hydrogen) atoms. The fraction of sp³-hybridized carbons (Fsp3) is 0.286. The molecule has 1 heterocycles. The monoisotopic (exact) mass is 171 g/mol. The molecule has 0 aliphatic rings. The van der Waals surface area contributed by atoms with Crippen LogP contribution in [-0.4, -0.2) is 17.5 Å². The van der Waals surface area contributed by atoms with Gasteiger partial charge in [0.2, 0.25) is 0 Å². The maximum atomic E-state index is 4.03. The first kappa shape index (κ1) is 7.95. The van der Waals surface area contributed by atoms with Gasteiger partial charge in [-0.05, 0) is 18.6 Å². The number of rotatable bonds is 2. The van der Waals surface area contributed by atoms with Gasteiger partial charge in [-0.3, -0.25) is 4.98 Å². The van der Waals surface area contributed by atoms with E-state index < -0.39 is 0 Å². The van der Waals surface area contributed by atoms with Crippen LogP contribution in [0.5, 0.6) is 0 Å². The molecule has 1 aromatic heterocycles. The summed E-state index contributed by atoms with van der Waals surface area (Å²) in [5.74, 6) is 0. The van der Waals surface area contributed by atoms with Crippen LogP contribution < -0.4 is 0 Å². The average molecular weight is 171 g/mol. The molecule has 0 spiro atoms. The predicted octanol–water partition coefficient (Wildman–Crippen LogP) is 2.53. The van der Waals surface area contributed by atoms with Crippen LogP contribution in [0.25, 0.3) is 0 Å². The van der Waals surface area contributed by atoms with Crippen molar-refractivity contribution in [1.82, 2.24) is 4.98 Å². The summed E-state index contributed by atoms with van der Waals surface area (Å²) in [6, 6.07) is 2.04. The Kier molecular flexibility index (Phi) is 3.09. The maximum Gasteiger partial charge on any atom is 0.0415 e. The van der Waals surface area contributed by atoms with Crippen molar-refractivity contribution in [2.75, 3.05) is 12.5 Å². The van der Waals surface area contributed by atoms with Crippen molar-refractivity contribution in [3.63, 3.8) is 0 Å². The van der Waals surface area contributed by atoms with Gasteiger partial charge in [0.05, 0.1) is 0 Å². The zero-order valence-corrected chi connectivity index (χ0v) is 7.63. The summed E-state index contributed by atoms with van der Waals surface area (Å²) in [4.78, 5) is 6.60. The van der Waals surface area contributed by atoms with Crippen LogP contribution in [0.1, 0.15) is 0 Å². The molecular weight excluding hydrogens is 162 g/mol. The second kappa shape index (κ2) is 3.88. The summed E-state index contributed by atoms with van der Waals surface area (Å²) in [7, 11) is 0. The normalized spacial score (nSPS) is 9.80. The van der Waals surface area contributed by atoms with Crippen LogP contribution in [0, 0.1) is 0 Å². The minimum atomic E-state index is 1.26. The van der Waals surface area contributed by atoms with Gasteiger partial charge < -0.3 is 0 Å². The van der Waals surface area contributed by atoms with Crippen molar-refractivity contribution >= 4 is 23.5 Å². The highest BCUT2D eigenvalue weighted by atomic mass is 32.2. The van der Waals surface area contributed by atoms with E-state index in [1.165, 1.54) is 9.79 Å². The molecular formula is C7H9NS2. The zero-order chi connectivity index (χ0) is 7.40. The van der Waals surface area contributed by atoms with Crippen LogP contribution >= 0.6 is 23.5 Å². The highest BCUT2D eigenvalue weighted by Gasteiger charge is 1.96. The Morgan fingerprint density at radius 1 is 1.20 bits per heavy atom. The highest BCUT2D eigenvalue weighted by Crippen LogP contribution is 2.25. The third kappa shape index (κ3) is 1.67. The highest BCUT2D eigenvalue weighted by molar-refractivity contribution is 8.01. The number of pyridine rings is 1. The smallest absolute Gasteiger partial charge is 0.0415 e. The maximum absolute atomic E-state index is 4.03. The van der Waals surface area contributed by atoms with Gasteiger partial charge in [0.1, 0.15) is 0 Å². The summed E-state index contributed by atoms with van der Waals surface area (Å²) in [5.41, 5.74) is 0. The number of thioether (sulfide) groups is 2. The van der Waals surface area contributed by atoms with E-state index in [0.717, 1.165) is 0 Å². The van der Waals surface area contributed by atoms with Crippen LogP contribution in [0.15, 0.2) is 28.3 Å². The van der Waals surface area contributed by atoms with Crippen molar-refractivity contribution in [3.05, 3.63) is 18.5 Å². The topological polar surface area (TPSA) is 12.9 Å². The van der Waals surface area contributed by atoms with Crippen LogP contribution in [0.4, 0.5) is 0 Å². The van der Waals surface area contributed by atoms with E-state index in [1.54, 1.807) is 23.5 Å². The minimum Gasteiger partial charge on any atom is -0.263 e. The number of nitrogens with zero attached hydrogens (tertiary/aromatic N) is 1. The Hall–Kier alpha value is -0.150. The summed E-state index contributed by atoms with van der Waals surface area (Å²) < 4.78 is 0. The van der Waals surface area contributed by atoms with Crippen LogP contribution in [0.3, 0.4) is 0 Å². The largest absolute Gasteiger partial charge is 0.263 e. The Bertz CT molecular complexity index is 190. The molecule has 0 amide bonds. The molecule has 0 aromatic carbocycles. The van der Waals surface area contributed by atoms with E-state index in [2.05, 4.69) is 17.5 Å². The molecule has 0 bridgehead atoms. The van der Waals surface area contributed by atoms with Crippen LogP contribution in [-0.2, 0) is 0 Å². The summed E-state index contributed by atoms with van der Waals surface area (Å²) >= 11 is 3.50. The molecule has 0 saturated heterocycles. The van der Waals surface area contributed by atoms with Crippen molar-refractivity contribution in [2.24, 2.45) is 0 Å². The van der Waals surface area contributed by atoms with Crippen molar-refractivity contribution in [1.29, 1.82) is 0 Å². The molecule has 0 aliphatic carbocycles. The Morgan fingerprint density at radius 3 is 2.40 bits per heavy atom. The molecule has 54 valence electrons. The molecule has 0 N–H and O–H groups in total.